The first-order chi connectivity index (χ1) is 8.49. The Labute approximate surface area is 119 Å². The Morgan fingerprint density at radius 3 is 2.94 bits per heavy atom. The van der Waals surface area contributed by atoms with Crippen LogP contribution in [0, 0.1) is 0 Å². The van der Waals surface area contributed by atoms with Crippen molar-refractivity contribution in [3.05, 3.63) is 34.3 Å². The lowest BCUT2D eigenvalue weighted by atomic mass is 9.82. The van der Waals surface area contributed by atoms with Crippen LogP contribution in [-0.2, 0) is 16.0 Å². The summed E-state index contributed by atoms with van der Waals surface area (Å²) in [5.41, 5.74) is 1.42. The average Bonchev–Trinajstić information content (AvgIpc) is 2.35. The monoisotopic (exact) mass is 330 g/mol. The summed E-state index contributed by atoms with van der Waals surface area (Å²) in [6.45, 7) is 1.97. The van der Waals surface area contributed by atoms with Gasteiger partial charge in [-0.3, -0.25) is 9.59 Å². The van der Waals surface area contributed by atoms with Gasteiger partial charge in [0.05, 0.1) is 6.61 Å². The molecule has 1 atom stereocenters. The predicted octanol–water partition coefficient (Wildman–Crippen LogP) is 3.17. The van der Waals surface area contributed by atoms with Crippen molar-refractivity contribution in [1.29, 1.82) is 0 Å². The Bertz CT molecular complexity index is 515. The third kappa shape index (κ3) is 2.19. The number of esters is 1. The number of Topliss-reactive ketones (excluding diaryl/α,β-unsaturated/α-hetero) is 1. The van der Waals surface area contributed by atoms with Gasteiger partial charge in [-0.1, -0.05) is 33.6 Å². The smallest absolute Gasteiger partial charge is 0.330 e. The first-order valence-corrected chi connectivity index (χ1v) is 6.85. The van der Waals surface area contributed by atoms with E-state index in [0.29, 0.717) is 23.4 Å². The fourth-order valence-corrected chi connectivity index (χ4v) is 2.75. The SMILES string of the molecule is CCOC(=O)C1(Br)CCc2ccc(Cl)cc2C1=O. The van der Waals surface area contributed by atoms with Gasteiger partial charge in [0.1, 0.15) is 0 Å². The number of rotatable bonds is 2. The van der Waals surface area contributed by atoms with Gasteiger partial charge in [0.15, 0.2) is 10.1 Å². The summed E-state index contributed by atoms with van der Waals surface area (Å²) in [6.07, 6.45) is 1.04. The second-order valence-electron chi connectivity index (χ2n) is 4.15. The van der Waals surface area contributed by atoms with E-state index >= 15 is 0 Å². The molecule has 0 N–H and O–H groups in total. The van der Waals surface area contributed by atoms with Gasteiger partial charge < -0.3 is 4.74 Å². The van der Waals surface area contributed by atoms with Crippen molar-refractivity contribution in [1.82, 2.24) is 0 Å². The van der Waals surface area contributed by atoms with Gasteiger partial charge in [0, 0.05) is 10.6 Å². The molecule has 1 aliphatic rings. The highest BCUT2D eigenvalue weighted by molar-refractivity contribution is 9.10. The second kappa shape index (κ2) is 5.02. The van der Waals surface area contributed by atoms with Gasteiger partial charge >= 0.3 is 5.97 Å². The molecule has 3 nitrogen and oxygen atoms in total. The largest absolute Gasteiger partial charge is 0.465 e. The maximum absolute atomic E-state index is 12.4. The molecule has 0 saturated heterocycles. The molecule has 18 heavy (non-hydrogen) atoms. The van der Waals surface area contributed by atoms with Crippen molar-refractivity contribution in [3.8, 4) is 0 Å². The number of ether oxygens (including phenoxy) is 1. The zero-order chi connectivity index (χ0) is 13.3. The van der Waals surface area contributed by atoms with E-state index in [0.717, 1.165) is 5.56 Å². The van der Waals surface area contributed by atoms with E-state index < -0.39 is 10.3 Å². The Balaban J connectivity index is 2.41. The van der Waals surface area contributed by atoms with E-state index in [2.05, 4.69) is 15.9 Å². The summed E-state index contributed by atoms with van der Waals surface area (Å²) in [7, 11) is 0. The normalized spacial score (nSPS) is 22.5. The predicted molar refractivity (Wildman–Crippen MR) is 72.4 cm³/mol. The van der Waals surface area contributed by atoms with E-state index in [-0.39, 0.29) is 12.4 Å². The highest BCUT2D eigenvalue weighted by atomic mass is 79.9. The topological polar surface area (TPSA) is 43.4 Å². The van der Waals surface area contributed by atoms with Crippen LogP contribution in [0.4, 0.5) is 0 Å². The van der Waals surface area contributed by atoms with Crippen molar-refractivity contribution in [2.45, 2.75) is 24.1 Å². The molecule has 5 heteroatoms. The maximum Gasteiger partial charge on any atom is 0.330 e. The van der Waals surface area contributed by atoms with E-state index in [9.17, 15) is 9.59 Å². The van der Waals surface area contributed by atoms with Gasteiger partial charge in [-0.05, 0) is 37.5 Å². The Morgan fingerprint density at radius 1 is 1.56 bits per heavy atom. The van der Waals surface area contributed by atoms with Crippen LogP contribution in [0.3, 0.4) is 0 Å². The summed E-state index contributed by atoms with van der Waals surface area (Å²) in [6, 6.07) is 5.18. The molecule has 0 aliphatic heterocycles. The zero-order valence-corrected chi connectivity index (χ0v) is 12.2. The Morgan fingerprint density at radius 2 is 2.28 bits per heavy atom. The number of aryl methyl sites for hydroxylation is 1. The Hall–Kier alpha value is -0.870. The average molecular weight is 332 g/mol. The number of carbonyl (C=O) groups excluding carboxylic acids is 2. The highest BCUT2D eigenvalue weighted by Gasteiger charge is 2.48. The molecule has 0 aromatic heterocycles. The molecule has 0 fully saturated rings. The van der Waals surface area contributed by atoms with Crippen molar-refractivity contribution in [3.63, 3.8) is 0 Å². The van der Waals surface area contributed by atoms with Gasteiger partial charge in [-0.2, -0.15) is 0 Å². The molecule has 96 valence electrons. The molecule has 1 unspecified atom stereocenters. The lowest BCUT2D eigenvalue weighted by Gasteiger charge is -2.29. The molecule has 0 radical (unpaired) electrons. The zero-order valence-electron chi connectivity index (χ0n) is 9.83. The fraction of sp³-hybridized carbons (Fsp3) is 0.385. The van der Waals surface area contributed by atoms with E-state index in [1.54, 1.807) is 19.1 Å². The molecule has 0 heterocycles. The fourth-order valence-electron chi connectivity index (χ4n) is 2.05. The van der Waals surface area contributed by atoms with Crippen molar-refractivity contribution >= 4 is 39.3 Å². The molecular formula is C13H12BrClO3. The van der Waals surface area contributed by atoms with Gasteiger partial charge in [0.25, 0.3) is 0 Å². The maximum atomic E-state index is 12.4. The number of carbonyl (C=O) groups is 2. The standard InChI is InChI=1S/C13H12BrClO3/c1-2-18-12(17)13(14)6-5-8-3-4-9(15)7-10(8)11(13)16/h3-4,7H,2,5-6H2,1H3. The number of benzene rings is 1. The summed E-state index contributed by atoms with van der Waals surface area (Å²) in [4.78, 5) is 24.3. The third-order valence-electron chi connectivity index (χ3n) is 3.01. The van der Waals surface area contributed by atoms with Crippen LogP contribution in [0.2, 0.25) is 5.02 Å². The van der Waals surface area contributed by atoms with Crippen molar-refractivity contribution in [2.24, 2.45) is 0 Å². The summed E-state index contributed by atoms with van der Waals surface area (Å²) < 4.78 is 3.70. The van der Waals surface area contributed by atoms with Crippen molar-refractivity contribution in [2.75, 3.05) is 6.61 Å². The number of hydrogen-bond acceptors (Lipinski definition) is 3. The minimum atomic E-state index is -1.26. The summed E-state index contributed by atoms with van der Waals surface area (Å²) >= 11 is 9.15. The van der Waals surface area contributed by atoms with E-state index in [1.165, 1.54) is 0 Å². The summed E-state index contributed by atoms with van der Waals surface area (Å²) in [5.74, 6) is -0.801. The molecule has 1 aromatic rings. The van der Waals surface area contributed by atoms with Crippen LogP contribution >= 0.6 is 27.5 Å². The summed E-state index contributed by atoms with van der Waals surface area (Å²) in [5, 5.41) is 0.489. The lowest BCUT2D eigenvalue weighted by Crippen LogP contribution is -2.45. The van der Waals surface area contributed by atoms with Crippen LogP contribution in [-0.4, -0.2) is 22.7 Å². The molecular weight excluding hydrogens is 319 g/mol. The quantitative estimate of drug-likeness (QED) is 0.475. The molecule has 0 saturated carbocycles. The van der Waals surface area contributed by atoms with Gasteiger partial charge in [0.2, 0.25) is 0 Å². The van der Waals surface area contributed by atoms with Crippen LogP contribution in [0.25, 0.3) is 0 Å². The van der Waals surface area contributed by atoms with Gasteiger partial charge in [-0.25, -0.2) is 0 Å². The minimum Gasteiger partial charge on any atom is -0.465 e. The number of hydrogen-bond donors (Lipinski definition) is 0. The molecule has 1 aromatic carbocycles. The first kappa shape index (κ1) is 13.6. The molecule has 0 spiro atoms. The van der Waals surface area contributed by atoms with Crippen LogP contribution in [0.5, 0.6) is 0 Å². The molecule has 0 bridgehead atoms. The van der Waals surface area contributed by atoms with Crippen LogP contribution in [0.15, 0.2) is 18.2 Å². The third-order valence-corrected chi connectivity index (χ3v) is 4.33. The highest BCUT2D eigenvalue weighted by Crippen LogP contribution is 2.37. The molecule has 1 aliphatic carbocycles. The second-order valence-corrected chi connectivity index (χ2v) is 5.94. The number of alkyl halides is 1. The molecule has 0 amide bonds. The van der Waals surface area contributed by atoms with Crippen molar-refractivity contribution < 1.29 is 14.3 Å². The first-order valence-electron chi connectivity index (χ1n) is 5.68. The number of halogens is 2. The number of fused-ring (bicyclic) bond motifs is 1. The van der Waals surface area contributed by atoms with Crippen LogP contribution in [0.1, 0.15) is 29.3 Å². The minimum absolute atomic E-state index is 0.252. The van der Waals surface area contributed by atoms with Crippen LogP contribution < -0.4 is 0 Å². The van der Waals surface area contributed by atoms with E-state index in [4.69, 9.17) is 16.3 Å². The van der Waals surface area contributed by atoms with E-state index in [1.807, 2.05) is 6.07 Å². The van der Waals surface area contributed by atoms with Gasteiger partial charge in [-0.15, -0.1) is 0 Å². The molecule has 2 rings (SSSR count). The lowest BCUT2D eigenvalue weighted by molar-refractivity contribution is -0.144. The number of ketones is 1. The Kier molecular flexibility index (Phi) is 3.78.